The number of ether oxygens (including phenoxy) is 1. The minimum atomic E-state index is -0.638. The lowest BCUT2D eigenvalue weighted by molar-refractivity contribution is 0.0572. The predicted octanol–water partition coefficient (Wildman–Crippen LogP) is 0.756. The number of β-amino-alcohol motifs (C(OH)–C–C–N with tert-alkyl or cyclic N) is 2. The molecule has 1 aliphatic heterocycles. The van der Waals surface area contributed by atoms with Crippen LogP contribution < -0.4 is 4.74 Å². The molecule has 0 aromatic heterocycles. The van der Waals surface area contributed by atoms with E-state index in [1.54, 1.807) is 12.1 Å². The summed E-state index contributed by atoms with van der Waals surface area (Å²) in [5, 5.41) is 19.4. The maximum absolute atomic E-state index is 9.37. The molecule has 1 saturated heterocycles. The first kappa shape index (κ1) is 12.6. The van der Waals surface area contributed by atoms with Gasteiger partial charge < -0.3 is 14.9 Å². The van der Waals surface area contributed by atoms with Gasteiger partial charge in [-0.05, 0) is 18.2 Å². The zero-order valence-corrected chi connectivity index (χ0v) is 10.2. The number of benzene rings is 1. The highest BCUT2D eigenvalue weighted by molar-refractivity contribution is 6.30. The summed E-state index contributed by atoms with van der Waals surface area (Å²) in [6, 6.07) is 7.23. The number of aliphatic hydroxyl groups excluding tert-OH is 2. The second kappa shape index (κ2) is 5.69. The van der Waals surface area contributed by atoms with E-state index in [4.69, 9.17) is 16.3 Å². The SMILES string of the molecule is OC1CN(CCOc2cccc(Cl)c2)CC1O. The Bertz CT molecular complexity index is 365. The van der Waals surface area contributed by atoms with Gasteiger partial charge in [0.2, 0.25) is 0 Å². The Morgan fingerprint density at radius 2 is 2.00 bits per heavy atom. The van der Waals surface area contributed by atoms with Crippen molar-refractivity contribution in [3.05, 3.63) is 29.3 Å². The summed E-state index contributed by atoms with van der Waals surface area (Å²) in [6.07, 6.45) is -1.28. The molecule has 1 heterocycles. The smallest absolute Gasteiger partial charge is 0.120 e. The standard InChI is InChI=1S/C12H16ClNO3/c13-9-2-1-3-10(6-9)17-5-4-14-7-11(15)12(16)8-14/h1-3,6,11-12,15-16H,4-5,7-8H2. The summed E-state index contributed by atoms with van der Waals surface area (Å²) in [5.41, 5.74) is 0. The van der Waals surface area contributed by atoms with Crippen LogP contribution in [-0.2, 0) is 0 Å². The number of likely N-dealkylation sites (tertiary alicyclic amines) is 1. The van der Waals surface area contributed by atoms with Crippen molar-refractivity contribution in [1.29, 1.82) is 0 Å². The van der Waals surface area contributed by atoms with Gasteiger partial charge in [0.25, 0.3) is 0 Å². The third-order valence-electron chi connectivity index (χ3n) is 2.81. The Kier molecular flexibility index (Phi) is 4.23. The Labute approximate surface area is 105 Å². The number of rotatable bonds is 4. The van der Waals surface area contributed by atoms with Crippen LogP contribution in [0.4, 0.5) is 0 Å². The molecule has 5 heteroatoms. The van der Waals surface area contributed by atoms with Crippen molar-refractivity contribution >= 4 is 11.6 Å². The topological polar surface area (TPSA) is 52.9 Å². The lowest BCUT2D eigenvalue weighted by atomic mass is 10.3. The van der Waals surface area contributed by atoms with Crippen molar-refractivity contribution in [3.8, 4) is 5.75 Å². The first-order valence-corrected chi connectivity index (χ1v) is 6.00. The van der Waals surface area contributed by atoms with Crippen LogP contribution in [0, 0.1) is 0 Å². The molecule has 17 heavy (non-hydrogen) atoms. The third-order valence-corrected chi connectivity index (χ3v) is 3.04. The van der Waals surface area contributed by atoms with Gasteiger partial charge in [0.05, 0.1) is 12.2 Å². The van der Waals surface area contributed by atoms with Crippen molar-refractivity contribution in [2.45, 2.75) is 12.2 Å². The quantitative estimate of drug-likeness (QED) is 0.836. The fraction of sp³-hybridized carbons (Fsp3) is 0.500. The van der Waals surface area contributed by atoms with E-state index in [1.807, 2.05) is 17.0 Å². The van der Waals surface area contributed by atoms with Crippen LogP contribution in [0.3, 0.4) is 0 Å². The van der Waals surface area contributed by atoms with Crippen LogP contribution in [0.25, 0.3) is 0 Å². The summed E-state index contributed by atoms with van der Waals surface area (Å²) >= 11 is 5.83. The zero-order valence-electron chi connectivity index (χ0n) is 9.42. The Morgan fingerprint density at radius 1 is 1.29 bits per heavy atom. The van der Waals surface area contributed by atoms with Gasteiger partial charge >= 0.3 is 0 Å². The second-order valence-electron chi connectivity index (χ2n) is 4.20. The summed E-state index contributed by atoms with van der Waals surface area (Å²) in [7, 11) is 0. The molecule has 0 spiro atoms. The van der Waals surface area contributed by atoms with Crippen LogP contribution in [0.5, 0.6) is 5.75 Å². The molecule has 0 radical (unpaired) electrons. The largest absolute Gasteiger partial charge is 0.492 e. The molecule has 1 aromatic rings. The number of nitrogens with zero attached hydrogens (tertiary/aromatic N) is 1. The minimum absolute atomic E-state index is 0.500. The number of hydrogen-bond acceptors (Lipinski definition) is 4. The van der Waals surface area contributed by atoms with Crippen molar-refractivity contribution in [1.82, 2.24) is 4.90 Å². The second-order valence-corrected chi connectivity index (χ2v) is 4.64. The van der Waals surface area contributed by atoms with Crippen molar-refractivity contribution in [2.75, 3.05) is 26.2 Å². The highest BCUT2D eigenvalue weighted by Gasteiger charge is 2.28. The molecule has 2 N–H and O–H groups in total. The Morgan fingerprint density at radius 3 is 2.65 bits per heavy atom. The molecular formula is C12H16ClNO3. The van der Waals surface area contributed by atoms with Crippen LogP contribution in [0.15, 0.2) is 24.3 Å². The number of aliphatic hydroxyl groups is 2. The molecular weight excluding hydrogens is 242 g/mol. The van der Waals surface area contributed by atoms with E-state index in [1.165, 1.54) is 0 Å². The fourth-order valence-corrected chi connectivity index (χ4v) is 2.06. The van der Waals surface area contributed by atoms with Gasteiger partial charge in [0, 0.05) is 24.7 Å². The molecule has 1 aromatic carbocycles. The molecule has 1 aliphatic rings. The van der Waals surface area contributed by atoms with Crippen molar-refractivity contribution in [2.24, 2.45) is 0 Å². The normalized spacial score (nSPS) is 25.1. The highest BCUT2D eigenvalue weighted by Crippen LogP contribution is 2.17. The van der Waals surface area contributed by atoms with Gasteiger partial charge in [0.15, 0.2) is 0 Å². The zero-order chi connectivity index (χ0) is 12.3. The average Bonchev–Trinajstić information content (AvgIpc) is 2.58. The van der Waals surface area contributed by atoms with Gasteiger partial charge in [-0.25, -0.2) is 0 Å². The molecule has 4 nitrogen and oxygen atoms in total. The van der Waals surface area contributed by atoms with Gasteiger partial charge in [0.1, 0.15) is 12.4 Å². The molecule has 0 amide bonds. The summed E-state index contributed by atoms with van der Waals surface area (Å²) < 4.78 is 5.53. The lowest BCUT2D eigenvalue weighted by Gasteiger charge is -2.15. The fourth-order valence-electron chi connectivity index (χ4n) is 1.88. The van der Waals surface area contributed by atoms with E-state index in [-0.39, 0.29) is 0 Å². The molecule has 0 bridgehead atoms. The van der Waals surface area contributed by atoms with Crippen molar-refractivity contribution in [3.63, 3.8) is 0 Å². The van der Waals surface area contributed by atoms with E-state index in [0.717, 1.165) is 5.75 Å². The van der Waals surface area contributed by atoms with Crippen LogP contribution in [-0.4, -0.2) is 53.6 Å². The van der Waals surface area contributed by atoms with E-state index >= 15 is 0 Å². The van der Waals surface area contributed by atoms with Crippen LogP contribution in [0.2, 0.25) is 5.02 Å². The summed E-state index contributed by atoms with van der Waals surface area (Å²) in [4.78, 5) is 1.97. The molecule has 1 fully saturated rings. The van der Waals surface area contributed by atoms with Gasteiger partial charge in [-0.3, -0.25) is 4.90 Å². The van der Waals surface area contributed by atoms with Gasteiger partial charge in [-0.2, -0.15) is 0 Å². The summed E-state index contributed by atoms with van der Waals surface area (Å²) in [5.74, 6) is 0.734. The van der Waals surface area contributed by atoms with E-state index in [9.17, 15) is 10.2 Å². The molecule has 2 rings (SSSR count). The minimum Gasteiger partial charge on any atom is -0.492 e. The van der Waals surface area contributed by atoms with E-state index in [2.05, 4.69) is 0 Å². The van der Waals surface area contributed by atoms with Crippen LogP contribution >= 0.6 is 11.6 Å². The Balaban J connectivity index is 1.73. The molecule has 2 atom stereocenters. The van der Waals surface area contributed by atoms with E-state index < -0.39 is 12.2 Å². The molecule has 2 unspecified atom stereocenters. The highest BCUT2D eigenvalue weighted by atomic mass is 35.5. The maximum Gasteiger partial charge on any atom is 0.120 e. The monoisotopic (exact) mass is 257 g/mol. The molecule has 94 valence electrons. The predicted molar refractivity (Wildman–Crippen MR) is 65.4 cm³/mol. The average molecular weight is 258 g/mol. The number of hydrogen-bond donors (Lipinski definition) is 2. The first-order valence-electron chi connectivity index (χ1n) is 5.62. The van der Waals surface area contributed by atoms with Crippen LogP contribution in [0.1, 0.15) is 0 Å². The lowest BCUT2D eigenvalue weighted by Crippen LogP contribution is -2.27. The third kappa shape index (κ3) is 3.57. The first-order chi connectivity index (χ1) is 8.15. The summed E-state index contributed by atoms with van der Waals surface area (Å²) in [6.45, 7) is 2.20. The van der Waals surface area contributed by atoms with Gasteiger partial charge in [-0.1, -0.05) is 17.7 Å². The maximum atomic E-state index is 9.37. The molecule has 0 saturated carbocycles. The van der Waals surface area contributed by atoms with Gasteiger partial charge in [-0.15, -0.1) is 0 Å². The number of halogens is 1. The Hall–Kier alpha value is -0.810. The molecule has 0 aliphatic carbocycles. The van der Waals surface area contributed by atoms with Crippen molar-refractivity contribution < 1.29 is 14.9 Å². The van der Waals surface area contributed by atoms with E-state index in [0.29, 0.717) is 31.3 Å².